The van der Waals surface area contributed by atoms with Crippen molar-refractivity contribution in [3.63, 3.8) is 0 Å². The van der Waals surface area contributed by atoms with Gasteiger partial charge in [-0.3, -0.25) is 4.98 Å². The summed E-state index contributed by atoms with van der Waals surface area (Å²) in [6.07, 6.45) is 3.68. The van der Waals surface area contributed by atoms with Crippen molar-refractivity contribution in [2.75, 3.05) is 13.2 Å². The van der Waals surface area contributed by atoms with Crippen LogP contribution in [-0.4, -0.2) is 18.2 Å². The van der Waals surface area contributed by atoms with Gasteiger partial charge in [0.1, 0.15) is 5.82 Å². The molecule has 2 nitrogen and oxygen atoms in total. The molecule has 1 atom stereocenters. The van der Waals surface area contributed by atoms with Crippen LogP contribution in [0.25, 0.3) is 0 Å². The van der Waals surface area contributed by atoms with E-state index in [0.29, 0.717) is 11.6 Å². The Kier molecular flexibility index (Phi) is 3.31. The quantitative estimate of drug-likeness (QED) is 0.747. The Balaban J connectivity index is 2.12. The van der Waals surface area contributed by atoms with Gasteiger partial charge in [0.25, 0.3) is 0 Å². The highest BCUT2D eigenvalue weighted by atomic mass is 19.1. The van der Waals surface area contributed by atoms with E-state index < -0.39 is 0 Å². The molecule has 1 aliphatic rings. The molecular formula is C12H16FNO. The zero-order chi connectivity index (χ0) is 10.7. The van der Waals surface area contributed by atoms with Crippen LogP contribution in [-0.2, 0) is 4.74 Å². The van der Waals surface area contributed by atoms with Crippen LogP contribution in [0.4, 0.5) is 4.39 Å². The second-order valence-electron chi connectivity index (χ2n) is 4.11. The standard InChI is InChI=1S/C12H16FNO/c1-9(10-4-7-15-8-5-10)12-11(13)3-2-6-14-12/h2-3,6,9-10H,4-5,7-8H2,1H3/t9-/m0/s1. The number of aromatic nitrogens is 1. The summed E-state index contributed by atoms with van der Waals surface area (Å²) in [5.41, 5.74) is 0.601. The fraction of sp³-hybridized carbons (Fsp3) is 0.583. The number of pyridine rings is 1. The lowest BCUT2D eigenvalue weighted by Crippen LogP contribution is -2.21. The van der Waals surface area contributed by atoms with Gasteiger partial charge in [-0.05, 0) is 30.9 Å². The van der Waals surface area contributed by atoms with Gasteiger partial charge in [-0.15, -0.1) is 0 Å². The molecule has 1 fully saturated rings. The summed E-state index contributed by atoms with van der Waals surface area (Å²) in [6, 6.07) is 3.12. The molecular weight excluding hydrogens is 193 g/mol. The van der Waals surface area contributed by atoms with Crippen LogP contribution < -0.4 is 0 Å². The van der Waals surface area contributed by atoms with Crippen molar-refractivity contribution in [2.45, 2.75) is 25.7 Å². The minimum atomic E-state index is -0.184. The maximum atomic E-state index is 13.5. The van der Waals surface area contributed by atoms with Crippen LogP contribution in [0, 0.1) is 11.7 Å². The van der Waals surface area contributed by atoms with E-state index in [1.807, 2.05) is 0 Å². The largest absolute Gasteiger partial charge is 0.381 e. The van der Waals surface area contributed by atoms with Gasteiger partial charge in [0.15, 0.2) is 0 Å². The zero-order valence-corrected chi connectivity index (χ0v) is 8.95. The first-order chi connectivity index (χ1) is 7.29. The average molecular weight is 209 g/mol. The third-order valence-corrected chi connectivity index (χ3v) is 3.19. The van der Waals surface area contributed by atoms with Gasteiger partial charge in [-0.1, -0.05) is 6.92 Å². The molecule has 15 heavy (non-hydrogen) atoms. The van der Waals surface area contributed by atoms with Crippen LogP contribution in [0.2, 0.25) is 0 Å². The first kappa shape index (κ1) is 10.6. The van der Waals surface area contributed by atoms with E-state index in [1.54, 1.807) is 12.3 Å². The normalized spacial score (nSPS) is 20.1. The second-order valence-corrected chi connectivity index (χ2v) is 4.11. The summed E-state index contributed by atoms with van der Waals surface area (Å²) in [6.45, 7) is 3.65. The van der Waals surface area contributed by atoms with Crippen molar-refractivity contribution in [3.8, 4) is 0 Å². The predicted molar refractivity (Wildman–Crippen MR) is 56.2 cm³/mol. The lowest BCUT2D eigenvalue weighted by molar-refractivity contribution is 0.0588. The van der Waals surface area contributed by atoms with Gasteiger partial charge in [-0.25, -0.2) is 4.39 Å². The number of ether oxygens (including phenoxy) is 1. The van der Waals surface area contributed by atoms with Crippen molar-refractivity contribution < 1.29 is 9.13 Å². The van der Waals surface area contributed by atoms with Crippen molar-refractivity contribution in [1.29, 1.82) is 0 Å². The Morgan fingerprint density at radius 3 is 2.87 bits per heavy atom. The summed E-state index contributed by atoms with van der Waals surface area (Å²) in [4.78, 5) is 4.14. The van der Waals surface area contributed by atoms with E-state index in [0.717, 1.165) is 26.1 Å². The Morgan fingerprint density at radius 2 is 2.20 bits per heavy atom. The third kappa shape index (κ3) is 2.34. The maximum absolute atomic E-state index is 13.5. The van der Waals surface area contributed by atoms with Gasteiger partial charge in [0.05, 0.1) is 5.69 Å². The molecule has 0 N–H and O–H groups in total. The number of halogens is 1. The van der Waals surface area contributed by atoms with Gasteiger partial charge < -0.3 is 4.74 Å². The van der Waals surface area contributed by atoms with Crippen molar-refractivity contribution >= 4 is 0 Å². The smallest absolute Gasteiger partial charge is 0.144 e. The molecule has 0 radical (unpaired) electrons. The maximum Gasteiger partial charge on any atom is 0.144 e. The van der Waals surface area contributed by atoms with Gasteiger partial charge in [0, 0.05) is 25.3 Å². The molecule has 0 unspecified atom stereocenters. The van der Waals surface area contributed by atoms with Crippen molar-refractivity contribution in [1.82, 2.24) is 4.98 Å². The number of nitrogens with zero attached hydrogens (tertiary/aromatic N) is 1. The SMILES string of the molecule is C[C@H](c1ncccc1F)C1CCOCC1. The monoisotopic (exact) mass is 209 g/mol. The van der Waals surface area contributed by atoms with Gasteiger partial charge in [-0.2, -0.15) is 0 Å². The molecule has 0 amide bonds. The van der Waals surface area contributed by atoms with Gasteiger partial charge >= 0.3 is 0 Å². The first-order valence-electron chi connectivity index (χ1n) is 5.47. The Morgan fingerprint density at radius 1 is 1.47 bits per heavy atom. The summed E-state index contributed by atoms with van der Waals surface area (Å²) < 4.78 is 18.8. The fourth-order valence-electron chi connectivity index (χ4n) is 2.17. The lowest BCUT2D eigenvalue weighted by atomic mass is 9.85. The molecule has 0 aromatic carbocycles. The Hall–Kier alpha value is -0.960. The highest BCUT2D eigenvalue weighted by Gasteiger charge is 2.24. The van der Waals surface area contributed by atoms with E-state index in [9.17, 15) is 4.39 Å². The average Bonchev–Trinajstić information content (AvgIpc) is 2.30. The van der Waals surface area contributed by atoms with E-state index in [2.05, 4.69) is 11.9 Å². The summed E-state index contributed by atoms with van der Waals surface area (Å²) in [7, 11) is 0. The van der Waals surface area contributed by atoms with Crippen LogP contribution in [0.1, 0.15) is 31.4 Å². The minimum Gasteiger partial charge on any atom is -0.381 e. The summed E-state index contributed by atoms with van der Waals surface area (Å²) in [5, 5.41) is 0. The molecule has 0 spiro atoms. The molecule has 3 heteroatoms. The predicted octanol–water partition coefficient (Wildman–Crippen LogP) is 2.75. The van der Waals surface area contributed by atoms with Crippen LogP contribution in [0.15, 0.2) is 18.3 Å². The van der Waals surface area contributed by atoms with Crippen LogP contribution in [0.3, 0.4) is 0 Å². The Bertz CT molecular complexity index is 323. The fourth-order valence-corrected chi connectivity index (χ4v) is 2.17. The molecule has 0 aliphatic carbocycles. The summed E-state index contributed by atoms with van der Waals surface area (Å²) >= 11 is 0. The number of hydrogen-bond donors (Lipinski definition) is 0. The van der Waals surface area contributed by atoms with E-state index in [4.69, 9.17) is 4.74 Å². The highest BCUT2D eigenvalue weighted by Crippen LogP contribution is 2.31. The van der Waals surface area contributed by atoms with Gasteiger partial charge in [0.2, 0.25) is 0 Å². The van der Waals surface area contributed by atoms with E-state index in [1.165, 1.54) is 6.07 Å². The number of rotatable bonds is 2. The van der Waals surface area contributed by atoms with E-state index >= 15 is 0 Å². The molecule has 82 valence electrons. The third-order valence-electron chi connectivity index (χ3n) is 3.19. The topological polar surface area (TPSA) is 22.1 Å². The zero-order valence-electron chi connectivity index (χ0n) is 8.95. The molecule has 0 saturated carbocycles. The van der Waals surface area contributed by atoms with Crippen LogP contribution >= 0.6 is 0 Å². The minimum absolute atomic E-state index is 0.184. The second kappa shape index (κ2) is 4.71. The molecule has 1 aliphatic heterocycles. The van der Waals surface area contributed by atoms with Crippen molar-refractivity contribution in [3.05, 3.63) is 29.8 Å². The molecule has 2 heterocycles. The molecule has 1 aromatic heterocycles. The molecule has 2 rings (SSSR count). The van der Waals surface area contributed by atoms with Crippen molar-refractivity contribution in [2.24, 2.45) is 5.92 Å². The first-order valence-corrected chi connectivity index (χ1v) is 5.47. The molecule has 1 saturated heterocycles. The summed E-state index contributed by atoms with van der Waals surface area (Å²) in [5.74, 6) is 0.509. The van der Waals surface area contributed by atoms with E-state index in [-0.39, 0.29) is 11.7 Å². The molecule has 1 aromatic rings. The lowest BCUT2D eigenvalue weighted by Gasteiger charge is -2.27. The molecule has 0 bridgehead atoms. The number of hydrogen-bond acceptors (Lipinski definition) is 2. The van der Waals surface area contributed by atoms with Crippen LogP contribution in [0.5, 0.6) is 0 Å². The highest BCUT2D eigenvalue weighted by molar-refractivity contribution is 5.12. The Labute approximate surface area is 89.5 Å².